The Balaban J connectivity index is 3.17. The van der Waals surface area contributed by atoms with E-state index in [0.717, 1.165) is 12.5 Å². The number of rotatable bonds is 5. The second-order valence-electron chi connectivity index (χ2n) is 4.07. The van der Waals surface area contributed by atoms with E-state index in [2.05, 4.69) is 15.9 Å². The van der Waals surface area contributed by atoms with Crippen LogP contribution >= 0.6 is 15.9 Å². The SMILES string of the molecule is CCCC[C@](N)(c1cc(Br)ccc1F)C(F)F. The molecule has 1 aromatic rings. The minimum atomic E-state index is -2.79. The van der Waals surface area contributed by atoms with E-state index in [4.69, 9.17) is 5.73 Å². The minimum absolute atomic E-state index is 0.0640. The summed E-state index contributed by atoms with van der Waals surface area (Å²) in [6.45, 7) is 1.88. The zero-order valence-electron chi connectivity index (χ0n) is 9.52. The Hall–Kier alpha value is -0.550. The fourth-order valence-corrected chi connectivity index (χ4v) is 2.05. The van der Waals surface area contributed by atoms with Gasteiger partial charge in [0.2, 0.25) is 0 Å². The van der Waals surface area contributed by atoms with E-state index in [-0.39, 0.29) is 12.0 Å². The van der Waals surface area contributed by atoms with Crippen molar-refractivity contribution in [2.45, 2.75) is 38.2 Å². The lowest BCUT2D eigenvalue weighted by molar-refractivity contribution is 0.0430. The minimum Gasteiger partial charge on any atom is -0.317 e. The van der Waals surface area contributed by atoms with Gasteiger partial charge in [-0.15, -0.1) is 0 Å². The van der Waals surface area contributed by atoms with Crippen molar-refractivity contribution in [2.75, 3.05) is 0 Å². The number of benzene rings is 1. The molecule has 0 aromatic heterocycles. The third-order valence-electron chi connectivity index (χ3n) is 2.76. The molecule has 17 heavy (non-hydrogen) atoms. The molecule has 1 atom stereocenters. The predicted octanol–water partition coefficient (Wildman–Crippen LogP) is 4.20. The van der Waals surface area contributed by atoms with Gasteiger partial charge in [-0.3, -0.25) is 0 Å². The third-order valence-corrected chi connectivity index (χ3v) is 3.26. The zero-order chi connectivity index (χ0) is 13.1. The van der Waals surface area contributed by atoms with Crippen molar-refractivity contribution in [3.63, 3.8) is 0 Å². The lowest BCUT2D eigenvalue weighted by atomic mass is 9.86. The molecule has 5 heteroatoms. The van der Waals surface area contributed by atoms with Gasteiger partial charge in [0.05, 0.1) is 0 Å². The van der Waals surface area contributed by atoms with Crippen LogP contribution in [0.5, 0.6) is 0 Å². The Morgan fingerprint density at radius 1 is 1.41 bits per heavy atom. The van der Waals surface area contributed by atoms with Crippen LogP contribution in [-0.4, -0.2) is 6.43 Å². The molecule has 1 aromatic carbocycles. The van der Waals surface area contributed by atoms with Crippen molar-refractivity contribution < 1.29 is 13.2 Å². The fraction of sp³-hybridized carbons (Fsp3) is 0.500. The van der Waals surface area contributed by atoms with E-state index >= 15 is 0 Å². The standard InChI is InChI=1S/C12H15BrF3N/c1-2-3-6-12(17,11(15)16)9-7-8(13)4-5-10(9)14/h4-5,7,11H,2-3,6,17H2,1H3/t12-/m0/s1. The van der Waals surface area contributed by atoms with Crippen LogP contribution in [0.25, 0.3) is 0 Å². The van der Waals surface area contributed by atoms with Crippen LogP contribution in [-0.2, 0) is 5.54 Å². The quantitative estimate of drug-likeness (QED) is 0.867. The summed E-state index contributed by atoms with van der Waals surface area (Å²) in [6, 6.07) is 3.94. The Morgan fingerprint density at radius 2 is 2.06 bits per heavy atom. The molecule has 0 unspecified atom stereocenters. The maximum absolute atomic E-state index is 13.6. The molecule has 0 amide bonds. The summed E-state index contributed by atoms with van der Waals surface area (Å²) in [7, 11) is 0. The highest BCUT2D eigenvalue weighted by Gasteiger charge is 2.39. The lowest BCUT2D eigenvalue weighted by Crippen LogP contribution is -2.44. The molecule has 0 radical (unpaired) electrons. The molecule has 0 heterocycles. The van der Waals surface area contributed by atoms with Crippen molar-refractivity contribution in [1.82, 2.24) is 0 Å². The van der Waals surface area contributed by atoms with Crippen LogP contribution in [0.3, 0.4) is 0 Å². The molecule has 2 N–H and O–H groups in total. The highest BCUT2D eigenvalue weighted by molar-refractivity contribution is 9.10. The van der Waals surface area contributed by atoms with E-state index in [1.54, 1.807) is 0 Å². The highest BCUT2D eigenvalue weighted by Crippen LogP contribution is 2.34. The maximum atomic E-state index is 13.6. The molecule has 0 bridgehead atoms. The largest absolute Gasteiger partial charge is 0.317 e. The van der Waals surface area contributed by atoms with Gasteiger partial charge in [0.15, 0.2) is 0 Å². The van der Waals surface area contributed by atoms with Crippen LogP contribution in [0.15, 0.2) is 22.7 Å². The molecule has 0 aliphatic carbocycles. The van der Waals surface area contributed by atoms with Gasteiger partial charge in [0.25, 0.3) is 6.43 Å². The maximum Gasteiger partial charge on any atom is 0.260 e. The lowest BCUT2D eigenvalue weighted by Gasteiger charge is -2.29. The van der Waals surface area contributed by atoms with E-state index in [1.165, 1.54) is 12.1 Å². The fourth-order valence-electron chi connectivity index (χ4n) is 1.68. The number of nitrogens with two attached hydrogens (primary N) is 1. The van der Waals surface area contributed by atoms with Crippen LogP contribution < -0.4 is 5.73 Å². The van der Waals surface area contributed by atoms with Crippen molar-refractivity contribution in [2.24, 2.45) is 5.73 Å². The summed E-state index contributed by atoms with van der Waals surface area (Å²) >= 11 is 3.14. The van der Waals surface area contributed by atoms with Crippen molar-refractivity contribution in [3.8, 4) is 0 Å². The zero-order valence-corrected chi connectivity index (χ0v) is 11.1. The average Bonchev–Trinajstić information content (AvgIpc) is 2.29. The summed E-state index contributed by atoms with van der Waals surface area (Å²) < 4.78 is 40.4. The summed E-state index contributed by atoms with van der Waals surface area (Å²) in [5, 5.41) is 0. The van der Waals surface area contributed by atoms with E-state index in [9.17, 15) is 13.2 Å². The Bertz CT molecular complexity index is 384. The number of unbranched alkanes of at least 4 members (excludes halogenated alkanes) is 1. The molecular formula is C12H15BrF3N. The van der Waals surface area contributed by atoms with Gasteiger partial charge in [0.1, 0.15) is 11.4 Å². The predicted molar refractivity (Wildman–Crippen MR) is 65.5 cm³/mol. The van der Waals surface area contributed by atoms with Crippen LogP contribution in [0, 0.1) is 5.82 Å². The first-order valence-electron chi connectivity index (χ1n) is 5.44. The smallest absolute Gasteiger partial charge is 0.260 e. The third kappa shape index (κ3) is 3.22. The molecule has 1 nitrogen and oxygen atoms in total. The molecule has 1 rings (SSSR count). The number of halogens is 4. The highest BCUT2D eigenvalue weighted by atomic mass is 79.9. The first kappa shape index (κ1) is 14.5. The Morgan fingerprint density at radius 3 is 2.59 bits per heavy atom. The Labute approximate surface area is 107 Å². The summed E-state index contributed by atoms with van der Waals surface area (Å²) in [5.74, 6) is -0.688. The first-order valence-corrected chi connectivity index (χ1v) is 6.23. The van der Waals surface area contributed by atoms with Gasteiger partial charge < -0.3 is 5.73 Å². The van der Waals surface area contributed by atoms with Crippen molar-refractivity contribution >= 4 is 15.9 Å². The van der Waals surface area contributed by atoms with Gasteiger partial charge in [-0.25, -0.2) is 13.2 Å². The molecule has 0 aliphatic rings. The second-order valence-corrected chi connectivity index (χ2v) is 4.98. The number of alkyl halides is 2. The molecule has 96 valence electrons. The monoisotopic (exact) mass is 309 g/mol. The van der Waals surface area contributed by atoms with Gasteiger partial charge in [-0.05, 0) is 24.6 Å². The van der Waals surface area contributed by atoms with Crippen LogP contribution in [0.4, 0.5) is 13.2 Å². The number of hydrogen-bond donors (Lipinski definition) is 1. The van der Waals surface area contributed by atoms with E-state index in [1.807, 2.05) is 6.92 Å². The Kier molecular flexibility index (Phi) is 5.01. The topological polar surface area (TPSA) is 26.0 Å². The van der Waals surface area contributed by atoms with E-state index in [0.29, 0.717) is 10.9 Å². The average molecular weight is 310 g/mol. The van der Waals surface area contributed by atoms with E-state index < -0.39 is 17.8 Å². The summed E-state index contributed by atoms with van der Waals surface area (Å²) in [4.78, 5) is 0. The number of hydrogen-bond acceptors (Lipinski definition) is 1. The molecular weight excluding hydrogens is 295 g/mol. The first-order chi connectivity index (χ1) is 7.91. The van der Waals surface area contributed by atoms with Gasteiger partial charge in [0, 0.05) is 10.0 Å². The molecule has 0 fully saturated rings. The molecule has 0 saturated carbocycles. The summed E-state index contributed by atoms with van der Waals surface area (Å²) in [5.41, 5.74) is 3.66. The van der Waals surface area contributed by atoms with Crippen molar-refractivity contribution in [1.29, 1.82) is 0 Å². The van der Waals surface area contributed by atoms with Crippen LogP contribution in [0.1, 0.15) is 31.7 Å². The summed E-state index contributed by atoms with van der Waals surface area (Å²) in [6.07, 6.45) is -1.46. The molecule has 0 aliphatic heterocycles. The van der Waals surface area contributed by atoms with Gasteiger partial charge in [-0.1, -0.05) is 35.7 Å². The molecule has 0 spiro atoms. The second kappa shape index (κ2) is 5.87. The van der Waals surface area contributed by atoms with Crippen LogP contribution in [0.2, 0.25) is 0 Å². The normalized spacial score (nSPS) is 15.0. The van der Waals surface area contributed by atoms with Crippen molar-refractivity contribution in [3.05, 3.63) is 34.1 Å². The van der Waals surface area contributed by atoms with Gasteiger partial charge in [-0.2, -0.15) is 0 Å². The molecule has 0 saturated heterocycles. The van der Waals surface area contributed by atoms with Gasteiger partial charge >= 0.3 is 0 Å².